The highest BCUT2D eigenvalue weighted by molar-refractivity contribution is 8.03. The SMILES string of the molecule is CCCCCCCCCCCCCCC(O)(SC(O)(CCCCCCCCCCCCCC)C(=O)O)C(=O)O. The van der Waals surface area contributed by atoms with Crippen LogP contribution in [-0.4, -0.2) is 42.2 Å². The van der Waals surface area contributed by atoms with Crippen LogP contribution in [0.25, 0.3) is 0 Å². The van der Waals surface area contributed by atoms with Crippen LogP contribution >= 0.6 is 11.8 Å². The maximum atomic E-state index is 11.9. The van der Waals surface area contributed by atoms with Gasteiger partial charge in [-0.1, -0.05) is 167 Å². The topological polar surface area (TPSA) is 115 Å². The van der Waals surface area contributed by atoms with Gasteiger partial charge >= 0.3 is 11.9 Å². The molecule has 232 valence electrons. The molecule has 6 nitrogen and oxygen atoms in total. The van der Waals surface area contributed by atoms with Crippen molar-refractivity contribution in [3.05, 3.63) is 0 Å². The van der Waals surface area contributed by atoms with Crippen molar-refractivity contribution in [3.8, 4) is 0 Å². The average Bonchev–Trinajstić information content (AvgIpc) is 2.89. The van der Waals surface area contributed by atoms with Gasteiger partial charge in [-0.3, -0.25) is 0 Å². The third-order valence-corrected chi connectivity index (χ3v) is 9.18. The Bertz CT molecular complexity index is 551. The summed E-state index contributed by atoms with van der Waals surface area (Å²) in [6.45, 7) is 4.45. The highest BCUT2D eigenvalue weighted by Gasteiger charge is 2.48. The second-order valence-electron chi connectivity index (χ2n) is 11.6. The quantitative estimate of drug-likeness (QED) is 0.0499. The van der Waals surface area contributed by atoms with Gasteiger partial charge in [0.1, 0.15) is 0 Å². The Labute approximate surface area is 244 Å². The van der Waals surface area contributed by atoms with E-state index in [2.05, 4.69) is 13.8 Å². The van der Waals surface area contributed by atoms with Crippen LogP contribution in [0.15, 0.2) is 0 Å². The smallest absolute Gasteiger partial charge is 0.346 e. The largest absolute Gasteiger partial charge is 0.478 e. The maximum absolute atomic E-state index is 11.9. The van der Waals surface area contributed by atoms with Crippen molar-refractivity contribution in [2.45, 2.75) is 191 Å². The lowest BCUT2D eigenvalue weighted by atomic mass is 10.0. The van der Waals surface area contributed by atoms with Crippen molar-refractivity contribution in [1.82, 2.24) is 0 Å². The van der Waals surface area contributed by atoms with Crippen LogP contribution in [0.1, 0.15) is 181 Å². The van der Waals surface area contributed by atoms with E-state index in [0.717, 1.165) is 38.5 Å². The molecule has 0 aliphatic carbocycles. The first kappa shape index (κ1) is 38.2. The Morgan fingerprint density at radius 2 is 0.641 bits per heavy atom. The summed E-state index contributed by atoms with van der Waals surface area (Å²) in [5.41, 5.74) is 0. The summed E-state index contributed by atoms with van der Waals surface area (Å²) >= 11 is 0.288. The Morgan fingerprint density at radius 1 is 0.436 bits per heavy atom. The van der Waals surface area contributed by atoms with Crippen LogP contribution in [0.3, 0.4) is 0 Å². The monoisotopic (exact) mass is 574 g/mol. The first-order chi connectivity index (χ1) is 18.7. The molecule has 2 atom stereocenters. The first-order valence-electron chi connectivity index (χ1n) is 16.3. The van der Waals surface area contributed by atoms with E-state index in [9.17, 15) is 30.0 Å². The molecular formula is C32H62O6S. The van der Waals surface area contributed by atoms with Crippen LogP contribution in [0, 0.1) is 0 Å². The molecule has 2 unspecified atom stereocenters. The Balaban J connectivity index is 4.20. The molecule has 0 spiro atoms. The van der Waals surface area contributed by atoms with E-state index in [4.69, 9.17) is 0 Å². The minimum absolute atomic E-state index is 0.0710. The Morgan fingerprint density at radius 3 is 0.846 bits per heavy atom. The molecule has 0 aromatic rings. The second-order valence-corrected chi connectivity index (χ2v) is 13.1. The number of unbranched alkanes of at least 4 members (excludes halogenated alkanes) is 22. The van der Waals surface area contributed by atoms with E-state index in [1.807, 2.05) is 0 Å². The lowest BCUT2D eigenvalue weighted by Crippen LogP contribution is -2.45. The van der Waals surface area contributed by atoms with Crippen LogP contribution in [-0.2, 0) is 9.59 Å². The highest BCUT2D eigenvalue weighted by atomic mass is 32.2. The molecule has 4 N–H and O–H groups in total. The molecule has 0 bridgehead atoms. The number of carboxylic acid groups (broad SMARTS) is 2. The van der Waals surface area contributed by atoms with Crippen molar-refractivity contribution >= 4 is 23.7 Å². The molecule has 0 saturated heterocycles. The van der Waals surface area contributed by atoms with Gasteiger partial charge in [-0.2, -0.15) is 0 Å². The summed E-state index contributed by atoms with van der Waals surface area (Å²) in [5.74, 6) is -2.96. The predicted octanol–water partition coefficient (Wildman–Crippen LogP) is 9.45. The minimum atomic E-state index is -2.30. The lowest BCUT2D eigenvalue weighted by molar-refractivity contribution is -0.152. The molecule has 0 fully saturated rings. The van der Waals surface area contributed by atoms with E-state index in [-0.39, 0.29) is 24.6 Å². The number of hydrogen-bond acceptors (Lipinski definition) is 5. The standard InChI is InChI=1S/C32H62O6S/c1-3-5-7-9-11-13-15-17-19-21-23-25-27-31(37,29(33)34)39-32(38,30(35)36)28-26-24-22-20-18-16-14-12-10-8-6-4-2/h37-38H,3-28H2,1-2H3,(H,33,34)(H,35,36). The van der Waals surface area contributed by atoms with Gasteiger partial charge < -0.3 is 20.4 Å². The molecule has 0 aromatic carbocycles. The van der Waals surface area contributed by atoms with Crippen LogP contribution in [0.5, 0.6) is 0 Å². The Hall–Kier alpha value is -0.790. The molecular weight excluding hydrogens is 512 g/mol. The molecule has 0 radical (unpaired) electrons. The molecule has 0 aliphatic rings. The van der Waals surface area contributed by atoms with Gasteiger partial charge in [0, 0.05) is 0 Å². The minimum Gasteiger partial charge on any atom is -0.478 e. The third kappa shape index (κ3) is 20.7. The second kappa shape index (κ2) is 25.0. The predicted molar refractivity (Wildman–Crippen MR) is 164 cm³/mol. The van der Waals surface area contributed by atoms with Gasteiger partial charge in [-0.05, 0) is 25.7 Å². The zero-order valence-corrected chi connectivity index (χ0v) is 26.2. The van der Waals surface area contributed by atoms with Crippen molar-refractivity contribution in [2.24, 2.45) is 0 Å². The van der Waals surface area contributed by atoms with Gasteiger partial charge in [-0.15, -0.1) is 0 Å². The van der Waals surface area contributed by atoms with Crippen molar-refractivity contribution in [1.29, 1.82) is 0 Å². The molecule has 0 amide bonds. The molecule has 39 heavy (non-hydrogen) atoms. The molecule has 0 aromatic heterocycles. The van der Waals surface area contributed by atoms with Crippen molar-refractivity contribution in [2.75, 3.05) is 0 Å². The van der Waals surface area contributed by atoms with Crippen LogP contribution < -0.4 is 0 Å². The van der Waals surface area contributed by atoms with Gasteiger partial charge in [-0.25, -0.2) is 9.59 Å². The summed E-state index contributed by atoms with van der Waals surface area (Å²) in [6, 6.07) is 0. The van der Waals surface area contributed by atoms with Crippen molar-refractivity contribution < 1.29 is 30.0 Å². The fourth-order valence-corrected chi connectivity index (χ4v) is 6.32. The number of thioether (sulfide) groups is 1. The van der Waals surface area contributed by atoms with Gasteiger partial charge in [0.15, 0.2) is 0 Å². The van der Waals surface area contributed by atoms with E-state index in [1.54, 1.807) is 0 Å². The van der Waals surface area contributed by atoms with Gasteiger partial charge in [0.05, 0.1) is 0 Å². The summed E-state index contributed by atoms with van der Waals surface area (Å²) in [4.78, 5) is 19.1. The Kier molecular flexibility index (Phi) is 24.5. The van der Waals surface area contributed by atoms with Crippen molar-refractivity contribution in [3.63, 3.8) is 0 Å². The fraction of sp³-hybridized carbons (Fsp3) is 0.938. The molecule has 7 heteroatoms. The number of rotatable bonds is 30. The van der Waals surface area contributed by atoms with Crippen LogP contribution in [0.2, 0.25) is 0 Å². The van der Waals surface area contributed by atoms with E-state index in [1.165, 1.54) is 103 Å². The molecule has 0 aliphatic heterocycles. The number of carbonyl (C=O) groups is 2. The summed E-state index contributed by atoms with van der Waals surface area (Å²) in [6.07, 6.45) is 27.0. The third-order valence-electron chi connectivity index (χ3n) is 7.74. The van der Waals surface area contributed by atoms with E-state index >= 15 is 0 Å². The normalized spacial score (nSPS) is 14.7. The van der Waals surface area contributed by atoms with E-state index < -0.39 is 21.8 Å². The number of aliphatic carboxylic acids is 2. The summed E-state index contributed by atoms with van der Waals surface area (Å²) in [5, 5.41) is 40.8. The van der Waals surface area contributed by atoms with E-state index in [0.29, 0.717) is 12.8 Å². The lowest BCUT2D eigenvalue weighted by Gasteiger charge is -2.31. The average molecular weight is 575 g/mol. The summed E-state index contributed by atoms with van der Waals surface area (Å²) in [7, 11) is 0. The first-order valence-corrected chi connectivity index (χ1v) is 17.1. The van der Waals surface area contributed by atoms with Gasteiger partial charge in [0.25, 0.3) is 0 Å². The molecule has 0 saturated carbocycles. The van der Waals surface area contributed by atoms with Gasteiger partial charge in [0.2, 0.25) is 9.87 Å². The summed E-state index contributed by atoms with van der Waals surface area (Å²) < 4.78 is 0. The van der Waals surface area contributed by atoms with Crippen LogP contribution in [0.4, 0.5) is 0 Å². The molecule has 0 rings (SSSR count). The molecule has 0 heterocycles. The number of hydrogen-bond donors (Lipinski definition) is 4. The maximum Gasteiger partial charge on any atom is 0.346 e. The fourth-order valence-electron chi connectivity index (χ4n) is 5.09. The number of carboxylic acids is 2. The number of aliphatic hydroxyl groups is 2. The zero-order valence-electron chi connectivity index (χ0n) is 25.4. The zero-order chi connectivity index (χ0) is 29.2. The highest BCUT2D eigenvalue weighted by Crippen LogP contribution is 2.41.